The number of hydrogen-bond donors (Lipinski definition) is 1. The Bertz CT molecular complexity index is 1280. The topological polar surface area (TPSA) is 65.4 Å². The summed E-state index contributed by atoms with van der Waals surface area (Å²) in [7, 11) is 3.21. The van der Waals surface area contributed by atoms with Crippen LogP contribution in [0.25, 0.3) is 16.9 Å². The van der Waals surface area contributed by atoms with Crippen molar-refractivity contribution in [1.82, 2.24) is 15.1 Å². The molecule has 4 aromatic rings. The summed E-state index contributed by atoms with van der Waals surface area (Å²) in [5.74, 6) is 1.10. The lowest BCUT2D eigenvalue weighted by molar-refractivity contribution is 0.0943. The number of methoxy groups -OCH3 is 2. The number of nitrogens with zero attached hydrogens (tertiary/aromatic N) is 2. The van der Waals surface area contributed by atoms with Gasteiger partial charge >= 0.3 is 0 Å². The van der Waals surface area contributed by atoms with Crippen LogP contribution in [0.2, 0.25) is 0 Å². The molecule has 33 heavy (non-hydrogen) atoms. The SMILES string of the molecule is COc1ccc(-c2cc(C(=O)NCc3ccccc3)n(-c3cc(C)ccc3C)n2)c(OC)c1. The molecular formula is C27H27N3O3. The van der Waals surface area contributed by atoms with E-state index < -0.39 is 0 Å². The highest BCUT2D eigenvalue weighted by Crippen LogP contribution is 2.34. The predicted octanol–water partition coefficient (Wildman–Crippen LogP) is 5.10. The van der Waals surface area contributed by atoms with Crippen molar-refractivity contribution in [2.75, 3.05) is 14.2 Å². The minimum absolute atomic E-state index is 0.203. The third-order valence-corrected chi connectivity index (χ3v) is 5.52. The van der Waals surface area contributed by atoms with E-state index in [9.17, 15) is 4.79 Å². The van der Waals surface area contributed by atoms with Crippen molar-refractivity contribution in [3.63, 3.8) is 0 Å². The fraction of sp³-hybridized carbons (Fsp3) is 0.185. The number of carbonyl (C=O) groups is 1. The van der Waals surface area contributed by atoms with Gasteiger partial charge < -0.3 is 14.8 Å². The highest BCUT2D eigenvalue weighted by atomic mass is 16.5. The first-order valence-electron chi connectivity index (χ1n) is 10.7. The Balaban J connectivity index is 1.78. The Kier molecular flexibility index (Phi) is 6.45. The molecule has 0 bridgehead atoms. The molecule has 0 saturated carbocycles. The smallest absolute Gasteiger partial charge is 0.270 e. The molecule has 6 heteroatoms. The van der Waals surface area contributed by atoms with Crippen LogP contribution < -0.4 is 14.8 Å². The van der Waals surface area contributed by atoms with E-state index in [4.69, 9.17) is 14.6 Å². The molecule has 0 atom stereocenters. The summed E-state index contributed by atoms with van der Waals surface area (Å²) in [6.07, 6.45) is 0. The van der Waals surface area contributed by atoms with Gasteiger partial charge in [-0.1, -0.05) is 42.5 Å². The number of carbonyl (C=O) groups excluding carboxylic acids is 1. The summed E-state index contributed by atoms with van der Waals surface area (Å²) in [4.78, 5) is 13.3. The van der Waals surface area contributed by atoms with Crippen molar-refractivity contribution < 1.29 is 14.3 Å². The van der Waals surface area contributed by atoms with E-state index in [-0.39, 0.29) is 5.91 Å². The molecule has 0 aliphatic carbocycles. The lowest BCUT2D eigenvalue weighted by atomic mass is 10.1. The molecule has 6 nitrogen and oxygen atoms in total. The Morgan fingerprint density at radius 1 is 0.939 bits per heavy atom. The van der Waals surface area contributed by atoms with Crippen molar-refractivity contribution in [3.8, 4) is 28.4 Å². The fourth-order valence-electron chi connectivity index (χ4n) is 3.68. The largest absolute Gasteiger partial charge is 0.497 e. The van der Waals surface area contributed by atoms with Crippen LogP contribution in [0.1, 0.15) is 27.2 Å². The molecule has 168 valence electrons. The molecule has 0 radical (unpaired) electrons. The van der Waals surface area contributed by atoms with Gasteiger partial charge in [-0.15, -0.1) is 0 Å². The van der Waals surface area contributed by atoms with Gasteiger partial charge in [0.05, 0.1) is 25.6 Å². The van der Waals surface area contributed by atoms with Crippen LogP contribution in [-0.2, 0) is 6.54 Å². The van der Waals surface area contributed by atoms with Crippen molar-refractivity contribution in [2.24, 2.45) is 0 Å². The van der Waals surface area contributed by atoms with Gasteiger partial charge in [0.15, 0.2) is 0 Å². The standard InChI is InChI=1S/C27H27N3O3/c1-18-10-11-19(2)24(14-18)30-25(27(31)28-17-20-8-6-5-7-9-20)16-23(29-30)22-13-12-21(32-3)15-26(22)33-4/h5-16H,17H2,1-4H3,(H,28,31). The fourth-order valence-corrected chi connectivity index (χ4v) is 3.68. The molecule has 0 spiro atoms. The third-order valence-electron chi connectivity index (χ3n) is 5.52. The van der Waals surface area contributed by atoms with Crippen molar-refractivity contribution in [3.05, 3.63) is 95.2 Å². The molecular weight excluding hydrogens is 414 g/mol. The van der Waals surface area contributed by atoms with Crippen LogP contribution >= 0.6 is 0 Å². The molecule has 0 aliphatic heterocycles. The highest BCUT2D eigenvalue weighted by Gasteiger charge is 2.21. The average molecular weight is 442 g/mol. The number of benzene rings is 3. The maximum atomic E-state index is 13.3. The number of ether oxygens (including phenoxy) is 2. The van der Waals surface area contributed by atoms with Gasteiger partial charge in [0.1, 0.15) is 17.2 Å². The first-order valence-corrected chi connectivity index (χ1v) is 10.7. The van der Waals surface area contributed by atoms with Gasteiger partial charge in [-0.25, -0.2) is 4.68 Å². The first-order chi connectivity index (χ1) is 16.0. The van der Waals surface area contributed by atoms with Gasteiger partial charge in [-0.05, 0) is 54.8 Å². The van der Waals surface area contributed by atoms with Crippen LogP contribution in [0.4, 0.5) is 0 Å². The number of aromatic nitrogens is 2. The minimum Gasteiger partial charge on any atom is -0.497 e. The normalized spacial score (nSPS) is 10.7. The average Bonchev–Trinajstić information content (AvgIpc) is 3.29. The summed E-state index contributed by atoms with van der Waals surface area (Å²) < 4.78 is 12.6. The van der Waals surface area contributed by atoms with E-state index in [0.29, 0.717) is 29.4 Å². The van der Waals surface area contributed by atoms with Crippen molar-refractivity contribution in [1.29, 1.82) is 0 Å². The van der Waals surface area contributed by atoms with Crippen LogP contribution in [0.15, 0.2) is 72.8 Å². The zero-order valence-corrected chi connectivity index (χ0v) is 19.3. The summed E-state index contributed by atoms with van der Waals surface area (Å²) in [5, 5.41) is 7.85. The van der Waals surface area contributed by atoms with Gasteiger partial charge in [0, 0.05) is 18.2 Å². The molecule has 0 aliphatic rings. The van der Waals surface area contributed by atoms with Crippen LogP contribution in [0.3, 0.4) is 0 Å². The summed E-state index contributed by atoms with van der Waals surface area (Å²) in [5.41, 5.74) is 5.87. The van der Waals surface area contributed by atoms with E-state index in [1.807, 2.05) is 74.5 Å². The minimum atomic E-state index is -0.203. The van der Waals surface area contributed by atoms with Gasteiger partial charge in [-0.2, -0.15) is 5.10 Å². The van der Waals surface area contributed by atoms with Gasteiger partial charge in [0.2, 0.25) is 0 Å². The Morgan fingerprint density at radius 2 is 1.73 bits per heavy atom. The molecule has 0 saturated heterocycles. The second kappa shape index (κ2) is 9.61. The summed E-state index contributed by atoms with van der Waals surface area (Å²) in [6.45, 7) is 4.46. The first kappa shape index (κ1) is 22.1. The quantitative estimate of drug-likeness (QED) is 0.433. The Labute approximate surface area is 193 Å². The molecule has 3 aromatic carbocycles. The number of nitrogens with one attached hydrogen (secondary N) is 1. The third kappa shape index (κ3) is 4.75. The van der Waals surface area contributed by atoms with E-state index in [0.717, 1.165) is 27.9 Å². The van der Waals surface area contributed by atoms with E-state index >= 15 is 0 Å². The second-order valence-electron chi connectivity index (χ2n) is 7.85. The summed E-state index contributed by atoms with van der Waals surface area (Å²) in [6, 6.07) is 23.3. The Morgan fingerprint density at radius 3 is 2.45 bits per heavy atom. The van der Waals surface area contributed by atoms with Gasteiger partial charge in [-0.3, -0.25) is 4.79 Å². The molecule has 0 unspecified atom stereocenters. The highest BCUT2D eigenvalue weighted by molar-refractivity contribution is 5.94. The van der Waals surface area contributed by atoms with Gasteiger partial charge in [0.25, 0.3) is 5.91 Å². The number of rotatable bonds is 7. The Hall–Kier alpha value is -4.06. The van der Waals surface area contributed by atoms with Crippen molar-refractivity contribution in [2.45, 2.75) is 20.4 Å². The molecule has 1 amide bonds. The lowest BCUT2D eigenvalue weighted by Crippen LogP contribution is -2.25. The van der Waals surface area contributed by atoms with Crippen LogP contribution in [0, 0.1) is 13.8 Å². The number of amides is 1. The maximum Gasteiger partial charge on any atom is 0.270 e. The van der Waals surface area contributed by atoms with Crippen LogP contribution in [0.5, 0.6) is 11.5 Å². The van der Waals surface area contributed by atoms with E-state index in [1.54, 1.807) is 31.0 Å². The maximum absolute atomic E-state index is 13.3. The zero-order valence-electron chi connectivity index (χ0n) is 19.3. The number of hydrogen-bond acceptors (Lipinski definition) is 4. The molecule has 1 aromatic heterocycles. The second-order valence-corrected chi connectivity index (χ2v) is 7.85. The molecule has 0 fully saturated rings. The molecule has 4 rings (SSSR count). The van der Waals surface area contributed by atoms with E-state index in [1.165, 1.54) is 0 Å². The van der Waals surface area contributed by atoms with E-state index in [2.05, 4.69) is 5.32 Å². The summed E-state index contributed by atoms with van der Waals surface area (Å²) >= 11 is 0. The lowest BCUT2D eigenvalue weighted by Gasteiger charge is -2.12. The van der Waals surface area contributed by atoms with Crippen molar-refractivity contribution >= 4 is 5.91 Å². The van der Waals surface area contributed by atoms with Crippen LogP contribution in [-0.4, -0.2) is 29.9 Å². The molecule has 1 heterocycles. The predicted molar refractivity (Wildman–Crippen MR) is 129 cm³/mol. The monoisotopic (exact) mass is 441 g/mol. The zero-order chi connectivity index (χ0) is 23.4. The molecule has 1 N–H and O–H groups in total. The number of aryl methyl sites for hydroxylation is 2.